The number of sulfonamides is 1. The molecule has 0 bridgehead atoms. The fourth-order valence-electron chi connectivity index (χ4n) is 2.86. The zero-order chi connectivity index (χ0) is 19.2. The van der Waals surface area contributed by atoms with Crippen LogP contribution in [0.15, 0.2) is 29.3 Å². The van der Waals surface area contributed by atoms with Gasteiger partial charge in [-0.1, -0.05) is 12.1 Å². The molecule has 1 aliphatic heterocycles. The summed E-state index contributed by atoms with van der Waals surface area (Å²) in [5, 5.41) is 3.25. The summed E-state index contributed by atoms with van der Waals surface area (Å²) < 4.78 is 43.7. The predicted molar refractivity (Wildman–Crippen MR) is 116 cm³/mol. The van der Waals surface area contributed by atoms with E-state index in [-0.39, 0.29) is 42.0 Å². The molecule has 2 N–H and O–H groups in total. The highest BCUT2D eigenvalue weighted by Crippen LogP contribution is 2.25. The van der Waals surface area contributed by atoms with Crippen LogP contribution in [0.4, 0.5) is 4.39 Å². The van der Waals surface area contributed by atoms with E-state index in [1.165, 1.54) is 12.1 Å². The molecular weight excluding hydrogens is 486 g/mol. The van der Waals surface area contributed by atoms with Crippen molar-refractivity contribution in [3.8, 4) is 0 Å². The Morgan fingerprint density at radius 1 is 1.30 bits per heavy atom. The number of aliphatic imine (C=N–C) groups is 1. The Bertz CT molecular complexity index is 715. The molecule has 0 aromatic heterocycles. The molecule has 1 fully saturated rings. The summed E-state index contributed by atoms with van der Waals surface area (Å²) >= 11 is 0. The highest BCUT2D eigenvalue weighted by Gasteiger charge is 2.28. The molecular formula is C17H28FIN4O3S. The quantitative estimate of drug-likeness (QED) is 0.262. The van der Waals surface area contributed by atoms with E-state index in [9.17, 15) is 12.8 Å². The summed E-state index contributed by atoms with van der Waals surface area (Å²) in [6, 6.07) is 6.35. The van der Waals surface area contributed by atoms with E-state index in [0.29, 0.717) is 32.6 Å². The van der Waals surface area contributed by atoms with Crippen molar-refractivity contribution in [2.75, 3.05) is 39.5 Å². The Morgan fingerprint density at radius 3 is 2.56 bits per heavy atom. The first kappa shape index (κ1) is 24.1. The maximum absolute atomic E-state index is 13.1. The van der Waals surface area contributed by atoms with Gasteiger partial charge in [0.25, 0.3) is 0 Å². The van der Waals surface area contributed by atoms with Crippen LogP contribution in [0.2, 0.25) is 0 Å². The standard InChI is InChI=1S/C17H27FN4O3S.HI/c1-13-11-22(12-16(25-13)14-5-7-15(18)8-6-14)17(19-2)20-9-4-10-21-26(3,23)24;/h5-8,13,16,21H,4,9-12H2,1-3H3,(H,19,20);1H. The summed E-state index contributed by atoms with van der Waals surface area (Å²) in [5.74, 6) is 0.473. The first-order valence-electron chi connectivity index (χ1n) is 8.59. The summed E-state index contributed by atoms with van der Waals surface area (Å²) in [7, 11) is -1.45. The SMILES string of the molecule is CN=C(NCCCNS(C)(=O)=O)N1CC(C)OC(c2ccc(F)cc2)C1.I. The molecule has 10 heteroatoms. The molecule has 2 rings (SSSR count). The second-order valence-electron chi connectivity index (χ2n) is 6.39. The molecule has 2 unspecified atom stereocenters. The lowest BCUT2D eigenvalue weighted by Gasteiger charge is -2.38. The number of morpholine rings is 1. The van der Waals surface area contributed by atoms with Gasteiger partial charge in [0, 0.05) is 26.7 Å². The third-order valence-corrected chi connectivity index (χ3v) is 4.74. The third-order valence-electron chi connectivity index (χ3n) is 4.01. The fraction of sp³-hybridized carbons (Fsp3) is 0.588. The summed E-state index contributed by atoms with van der Waals surface area (Å²) in [6.45, 7) is 4.27. The van der Waals surface area contributed by atoms with E-state index < -0.39 is 10.0 Å². The fourth-order valence-corrected chi connectivity index (χ4v) is 3.38. The van der Waals surface area contributed by atoms with Gasteiger partial charge in [-0.3, -0.25) is 4.99 Å². The lowest BCUT2D eigenvalue weighted by molar-refractivity contribution is -0.0605. The average Bonchev–Trinajstić information content (AvgIpc) is 2.57. The van der Waals surface area contributed by atoms with Gasteiger partial charge >= 0.3 is 0 Å². The Morgan fingerprint density at radius 2 is 1.96 bits per heavy atom. The topological polar surface area (TPSA) is 83.0 Å². The van der Waals surface area contributed by atoms with E-state index in [1.807, 2.05) is 6.92 Å². The van der Waals surface area contributed by atoms with Crippen LogP contribution >= 0.6 is 24.0 Å². The monoisotopic (exact) mass is 514 g/mol. The Kier molecular flexibility index (Phi) is 9.91. The highest BCUT2D eigenvalue weighted by atomic mass is 127. The number of nitrogens with zero attached hydrogens (tertiary/aromatic N) is 2. The normalized spacial score (nSPS) is 20.9. The number of benzene rings is 1. The van der Waals surface area contributed by atoms with Gasteiger partial charge < -0.3 is 15.0 Å². The third kappa shape index (κ3) is 8.28. The van der Waals surface area contributed by atoms with Gasteiger partial charge in [0.15, 0.2) is 5.96 Å². The van der Waals surface area contributed by atoms with E-state index in [2.05, 4.69) is 19.9 Å². The molecule has 0 radical (unpaired) electrons. The van der Waals surface area contributed by atoms with Gasteiger partial charge in [-0.2, -0.15) is 0 Å². The van der Waals surface area contributed by atoms with Gasteiger partial charge in [-0.25, -0.2) is 17.5 Å². The molecule has 1 aromatic rings. The molecule has 0 aliphatic carbocycles. The van der Waals surface area contributed by atoms with Crippen LogP contribution in [0.3, 0.4) is 0 Å². The van der Waals surface area contributed by atoms with E-state index in [0.717, 1.165) is 17.8 Å². The number of ether oxygens (including phenoxy) is 1. The van der Waals surface area contributed by atoms with Gasteiger partial charge in [-0.05, 0) is 31.0 Å². The number of guanidine groups is 1. The molecule has 27 heavy (non-hydrogen) atoms. The van der Waals surface area contributed by atoms with Gasteiger partial charge in [0.1, 0.15) is 11.9 Å². The minimum absolute atomic E-state index is 0. The number of halogens is 2. The highest BCUT2D eigenvalue weighted by molar-refractivity contribution is 14.0. The van der Waals surface area contributed by atoms with Crippen LogP contribution in [0.5, 0.6) is 0 Å². The molecule has 1 aromatic carbocycles. The summed E-state index contributed by atoms with van der Waals surface area (Å²) in [5.41, 5.74) is 0.927. The van der Waals surface area contributed by atoms with Crippen molar-refractivity contribution in [3.63, 3.8) is 0 Å². The van der Waals surface area contributed by atoms with Crippen molar-refractivity contribution < 1.29 is 17.5 Å². The number of rotatable bonds is 6. The van der Waals surface area contributed by atoms with Crippen LogP contribution in [-0.4, -0.2) is 64.9 Å². The number of hydrogen-bond acceptors (Lipinski definition) is 4. The lowest BCUT2D eigenvalue weighted by Crippen LogP contribution is -2.51. The lowest BCUT2D eigenvalue weighted by atomic mass is 10.1. The molecule has 2 atom stereocenters. The molecule has 1 saturated heterocycles. The Balaban J connectivity index is 0.00000364. The molecule has 7 nitrogen and oxygen atoms in total. The van der Waals surface area contributed by atoms with E-state index >= 15 is 0 Å². The first-order valence-corrected chi connectivity index (χ1v) is 10.5. The molecule has 0 spiro atoms. The Labute approximate surface area is 177 Å². The largest absolute Gasteiger partial charge is 0.367 e. The van der Waals surface area contributed by atoms with Crippen LogP contribution in [0.1, 0.15) is 25.0 Å². The van der Waals surface area contributed by atoms with Crippen molar-refractivity contribution in [1.82, 2.24) is 14.9 Å². The predicted octanol–water partition coefficient (Wildman–Crippen LogP) is 1.72. The van der Waals surface area contributed by atoms with Crippen molar-refractivity contribution in [1.29, 1.82) is 0 Å². The van der Waals surface area contributed by atoms with Crippen molar-refractivity contribution in [3.05, 3.63) is 35.6 Å². The number of nitrogens with one attached hydrogen (secondary N) is 2. The van der Waals surface area contributed by atoms with Crippen molar-refractivity contribution >= 4 is 40.0 Å². The maximum atomic E-state index is 13.1. The van der Waals surface area contributed by atoms with Crippen LogP contribution in [0.25, 0.3) is 0 Å². The minimum atomic E-state index is -3.16. The second-order valence-corrected chi connectivity index (χ2v) is 8.22. The zero-order valence-corrected chi connectivity index (χ0v) is 19.0. The molecule has 1 heterocycles. The minimum Gasteiger partial charge on any atom is -0.367 e. The summed E-state index contributed by atoms with van der Waals surface area (Å²) in [6.07, 6.45) is 1.63. The van der Waals surface area contributed by atoms with Gasteiger partial charge in [-0.15, -0.1) is 24.0 Å². The van der Waals surface area contributed by atoms with E-state index in [4.69, 9.17) is 4.74 Å². The van der Waals surface area contributed by atoms with Gasteiger partial charge in [0.05, 0.1) is 18.9 Å². The van der Waals surface area contributed by atoms with Crippen LogP contribution in [0, 0.1) is 5.82 Å². The number of hydrogen-bond donors (Lipinski definition) is 2. The van der Waals surface area contributed by atoms with Crippen LogP contribution < -0.4 is 10.0 Å². The molecule has 0 amide bonds. The molecule has 154 valence electrons. The summed E-state index contributed by atoms with van der Waals surface area (Å²) in [4.78, 5) is 6.42. The van der Waals surface area contributed by atoms with Crippen molar-refractivity contribution in [2.24, 2.45) is 4.99 Å². The average molecular weight is 514 g/mol. The molecule has 0 saturated carbocycles. The zero-order valence-electron chi connectivity index (χ0n) is 15.8. The first-order chi connectivity index (χ1) is 12.3. The second kappa shape index (κ2) is 11.1. The maximum Gasteiger partial charge on any atom is 0.208 e. The molecule has 1 aliphatic rings. The Hall–Kier alpha value is -0.980. The van der Waals surface area contributed by atoms with Gasteiger partial charge in [0.2, 0.25) is 10.0 Å². The van der Waals surface area contributed by atoms with E-state index in [1.54, 1.807) is 19.2 Å². The van der Waals surface area contributed by atoms with Crippen LogP contribution in [-0.2, 0) is 14.8 Å². The smallest absolute Gasteiger partial charge is 0.208 e. The van der Waals surface area contributed by atoms with Crippen molar-refractivity contribution in [2.45, 2.75) is 25.6 Å².